The van der Waals surface area contributed by atoms with Crippen LogP contribution in [0.1, 0.15) is 36.4 Å². The molecule has 1 aliphatic carbocycles. The Morgan fingerprint density at radius 2 is 1.57 bits per heavy atom. The molecule has 0 bridgehead atoms. The van der Waals surface area contributed by atoms with E-state index in [-0.39, 0.29) is 6.04 Å². The molecule has 0 amide bonds. The van der Waals surface area contributed by atoms with Crippen molar-refractivity contribution in [3.63, 3.8) is 0 Å². The minimum absolute atomic E-state index is 0.0794. The molecule has 2 aromatic carbocycles. The monoisotopic (exact) mass is 281 g/mol. The maximum Gasteiger partial charge on any atom is 0.132 e. The van der Waals surface area contributed by atoms with Gasteiger partial charge < -0.3 is 15.2 Å². The Morgan fingerprint density at radius 1 is 1.00 bits per heavy atom. The van der Waals surface area contributed by atoms with Crippen LogP contribution < -0.4 is 10.1 Å². The van der Waals surface area contributed by atoms with E-state index in [1.807, 2.05) is 36.4 Å². The highest BCUT2D eigenvalue weighted by Gasteiger charge is 2.36. The number of benzene rings is 2. The van der Waals surface area contributed by atoms with Crippen molar-refractivity contribution >= 4 is 0 Å². The highest BCUT2D eigenvalue weighted by atomic mass is 16.5. The van der Waals surface area contributed by atoms with E-state index in [1.165, 1.54) is 0 Å². The van der Waals surface area contributed by atoms with E-state index in [2.05, 4.69) is 17.4 Å². The van der Waals surface area contributed by atoms with Gasteiger partial charge in [0.15, 0.2) is 0 Å². The van der Waals surface area contributed by atoms with E-state index in [4.69, 9.17) is 4.74 Å². The Hall–Kier alpha value is -1.84. The summed E-state index contributed by atoms with van der Waals surface area (Å²) in [6.45, 7) is 0.625. The Labute approximate surface area is 124 Å². The molecule has 21 heavy (non-hydrogen) atoms. The molecule has 0 saturated heterocycles. The molecule has 1 heterocycles. The van der Waals surface area contributed by atoms with Crippen LogP contribution in [0.4, 0.5) is 0 Å². The maximum atomic E-state index is 10.3. The maximum absolute atomic E-state index is 10.3. The van der Waals surface area contributed by atoms with E-state index < -0.39 is 5.60 Å². The number of para-hydroxylation sites is 2. The van der Waals surface area contributed by atoms with Crippen LogP contribution in [-0.4, -0.2) is 17.3 Å². The normalized spacial score (nSPS) is 19.1. The summed E-state index contributed by atoms with van der Waals surface area (Å²) in [6, 6.07) is 16.3. The summed E-state index contributed by atoms with van der Waals surface area (Å²) in [5.41, 5.74) is 1.75. The predicted molar refractivity (Wildman–Crippen MR) is 81.6 cm³/mol. The van der Waals surface area contributed by atoms with E-state index in [0.29, 0.717) is 6.54 Å². The van der Waals surface area contributed by atoms with Crippen LogP contribution in [-0.2, 0) is 0 Å². The molecule has 1 aliphatic heterocycles. The molecule has 0 aromatic heterocycles. The minimum Gasteiger partial charge on any atom is -0.457 e. The van der Waals surface area contributed by atoms with Crippen molar-refractivity contribution in [2.24, 2.45) is 0 Å². The second kappa shape index (κ2) is 4.86. The van der Waals surface area contributed by atoms with Gasteiger partial charge in [0.1, 0.15) is 11.5 Å². The Morgan fingerprint density at radius 3 is 2.10 bits per heavy atom. The van der Waals surface area contributed by atoms with Crippen molar-refractivity contribution in [1.29, 1.82) is 0 Å². The predicted octanol–water partition coefficient (Wildman–Crippen LogP) is 3.39. The van der Waals surface area contributed by atoms with Gasteiger partial charge in [0.05, 0.1) is 11.6 Å². The average molecular weight is 281 g/mol. The number of hydrogen-bond donors (Lipinski definition) is 2. The van der Waals surface area contributed by atoms with Crippen molar-refractivity contribution in [3.05, 3.63) is 59.7 Å². The minimum atomic E-state index is -0.526. The van der Waals surface area contributed by atoms with Gasteiger partial charge in [-0.1, -0.05) is 36.4 Å². The second-order valence-electron chi connectivity index (χ2n) is 6.07. The van der Waals surface area contributed by atoms with Crippen molar-refractivity contribution in [3.8, 4) is 11.5 Å². The summed E-state index contributed by atoms with van der Waals surface area (Å²) >= 11 is 0. The van der Waals surface area contributed by atoms with Gasteiger partial charge in [-0.2, -0.15) is 0 Å². The molecule has 3 nitrogen and oxygen atoms in total. The number of ether oxygens (including phenoxy) is 1. The smallest absolute Gasteiger partial charge is 0.132 e. The molecule has 0 unspecified atom stereocenters. The number of fused-ring (bicyclic) bond motifs is 2. The molecular formula is C18H19NO2. The lowest BCUT2D eigenvalue weighted by atomic mass is 9.80. The largest absolute Gasteiger partial charge is 0.457 e. The summed E-state index contributed by atoms with van der Waals surface area (Å²) in [5.74, 6) is 1.79. The first-order valence-electron chi connectivity index (χ1n) is 7.57. The summed E-state index contributed by atoms with van der Waals surface area (Å²) in [5, 5.41) is 13.9. The van der Waals surface area contributed by atoms with Gasteiger partial charge in [-0.25, -0.2) is 0 Å². The van der Waals surface area contributed by atoms with Gasteiger partial charge in [0.25, 0.3) is 0 Å². The first-order valence-corrected chi connectivity index (χ1v) is 7.57. The quantitative estimate of drug-likeness (QED) is 0.906. The SMILES string of the molecule is OC1(CNC2c3ccccc3Oc3ccccc32)CCC1. The fourth-order valence-electron chi connectivity index (χ4n) is 3.18. The lowest BCUT2D eigenvalue weighted by Crippen LogP contribution is -2.47. The van der Waals surface area contributed by atoms with Crippen LogP contribution in [0.3, 0.4) is 0 Å². The standard InChI is InChI=1S/C18H19NO2/c20-18(10-5-11-18)12-19-17-13-6-1-3-8-15(13)21-16-9-4-2-7-14(16)17/h1-4,6-9,17,19-20H,5,10-12H2. The molecule has 4 rings (SSSR count). The van der Waals surface area contributed by atoms with E-state index in [9.17, 15) is 5.11 Å². The number of nitrogens with one attached hydrogen (secondary N) is 1. The molecule has 2 aliphatic rings. The van der Waals surface area contributed by atoms with Crippen LogP contribution in [0.15, 0.2) is 48.5 Å². The summed E-state index contributed by atoms with van der Waals surface area (Å²) in [4.78, 5) is 0. The lowest BCUT2D eigenvalue weighted by Gasteiger charge is -2.39. The third kappa shape index (κ3) is 2.23. The summed E-state index contributed by atoms with van der Waals surface area (Å²) in [6.07, 6.45) is 2.91. The molecule has 2 aromatic rings. The van der Waals surface area contributed by atoms with Crippen molar-refractivity contribution in [2.75, 3.05) is 6.54 Å². The molecule has 0 radical (unpaired) electrons. The van der Waals surface area contributed by atoms with Gasteiger partial charge in [0.2, 0.25) is 0 Å². The van der Waals surface area contributed by atoms with E-state index >= 15 is 0 Å². The second-order valence-corrected chi connectivity index (χ2v) is 6.07. The Kier molecular flexibility index (Phi) is 2.98. The molecule has 1 fully saturated rings. The fourth-order valence-corrected chi connectivity index (χ4v) is 3.18. The van der Waals surface area contributed by atoms with Crippen LogP contribution in [0.25, 0.3) is 0 Å². The lowest BCUT2D eigenvalue weighted by molar-refractivity contribution is -0.0326. The van der Waals surface area contributed by atoms with Crippen molar-refractivity contribution in [1.82, 2.24) is 5.32 Å². The first kappa shape index (κ1) is 12.9. The van der Waals surface area contributed by atoms with Gasteiger partial charge in [-0.3, -0.25) is 0 Å². The molecule has 0 spiro atoms. The highest BCUT2D eigenvalue weighted by molar-refractivity contribution is 5.52. The van der Waals surface area contributed by atoms with E-state index in [0.717, 1.165) is 41.9 Å². The summed E-state index contributed by atoms with van der Waals surface area (Å²) in [7, 11) is 0. The third-order valence-electron chi connectivity index (χ3n) is 4.60. The Bertz CT molecular complexity index is 618. The molecule has 3 heteroatoms. The zero-order valence-corrected chi connectivity index (χ0v) is 11.9. The number of hydrogen-bond acceptors (Lipinski definition) is 3. The third-order valence-corrected chi connectivity index (χ3v) is 4.60. The molecular weight excluding hydrogens is 262 g/mol. The van der Waals surface area contributed by atoms with Crippen molar-refractivity contribution < 1.29 is 9.84 Å². The van der Waals surface area contributed by atoms with Crippen LogP contribution >= 0.6 is 0 Å². The van der Waals surface area contributed by atoms with Gasteiger partial charge in [-0.05, 0) is 31.4 Å². The van der Waals surface area contributed by atoms with Gasteiger partial charge >= 0.3 is 0 Å². The summed E-state index contributed by atoms with van der Waals surface area (Å²) < 4.78 is 5.98. The van der Waals surface area contributed by atoms with Crippen molar-refractivity contribution in [2.45, 2.75) is 30.9 Å². The zero-order chi connectivity index (χ0) is 14.3. The van der Waals surface area contributed by atoms with Gasteiger partial charge in [-0.15, -0.1) is 0 Å². The van der Waals surface area contributed by atoms with Gasteiger partial charge in [0, 0.05) is 17.7 Å². The molecule has 108 valence electrons. The number of rotatable bonds is 3. The molecule has 0 atom stereocenters. The van der Waals surface area contributed by atoms with E-state index in [1.54, 1.807) is 0 Å². The molecule has 1 saturated carbocycles. The first-order chi connectivity index (χ1) is 10.3. The van der Waals surface area contributed by atoms with Crippen LogP contribution in [0.5, 0.6) is 11.5 Å². The Balaban J connectivity index is 1.68. The molecule has 2 N–H and O–H groups in total. The average Bonchev–Trinajstić information content (AvgIpc) is 2.49. The fraction of sp³-hybridized carbons (Fsp3) is 0.333. The topological polar surface area (TPSA) is 41.5 Å². The van der Waals surface area contributed by atoms with Crippen LogP contribution in [0, 0.1) is 0 Å². The highest BCUT2D eigenvalue weighted by Crippen LogP contribution is 2.43. The zero-order valence-electron chi connectivity index (χ0n) is 11.9. The number of aliphatic hydroxyl groups is 1. The van der Waals surface area contributed by atoms with Crippen LogP contribution in [0.2, 0.25) is 0 Å².